The third-order valence-corrected chi connectivity index (χ3v) is 4.15. The van der Waals surface area contributed by atoms with Crippen molar-refractivity contribution in [2.24, 2.45) is 5.92 Å². The van der Waals surface area contributed by atoms with Gasteiger partial charge in [0.05, 0.1) is 19.3 Å². The summed E-state index contributed by atoms with van der Waals surface area (Å²) in [4.78, 5) is 13.8. The van der Waals surface area contributed by atoms with E-state index in [4.69, 9.17) is 9.26 Å². The molecule has 0 aromatic carbocycles. The van der Waals surface area contributed by atoms with E-state index < -0.39 is 0 Å². The van der Waals surface area contributed by atoms with Gasteiger partial charge in [0.2, 0.25) is 5.91 Å². The molecule has 1 aliphatic rings. The second-order valence-corrected chi connectivity index (χ2v) is 6.28. The van der Waals surface area contributed by atoms with Crippen LogP contribution >= 0.6 is 0 Å². The molecule has 1 aromatic rings. The van der Waals surface area contributed by atoms with Crippen LogP contribution < -0.4 is 5.32 Å². The number of anilines is 1. The summed E-state index contributed by atoms with van der Waals surface area (Å²) in [6, 6.07) is 1.70. The van der Waals surface area contributed by atoms with Crippen LogP contribution in [0.2, 0.25) is 0 Å². The average Bonchev–Trinajstić information content (AvgIpc) is 2.86. The number of aryl methyl sites for hydroxylation is 1. The summed E-state index contributed by atoms with van der Waals surface area (Å²) >= 11 is 0. The lowest BCUT2D eigenvalue weighted by molar-refractivity contribution is -0.117. The number of nitrogens with one attached hydrogen (secondary N) is 1. The zero-order valence-corrected chi connectivity index (χ0v) is 13.8. The van der Waals surface area contributed by atoms with Crippen molar-refractivity contribution >= 4 is 11.7 Å². The maximum absolute atomic E-state index is 11.9. The number of amides is 1. The molecule has 1 aliphatic carbocycles. The quantitative estimate of drug-likeness (QED) is 0.838. The van der Waals surface area contributed by atoms with Crippen molar-refractivity contribution in [2.75, 3.05) is 32.1 Å². The Morgan fingerprint density at radius 1 is 1.50 bits per heavy atom. The summed E-state index contributed by atoms with van der Waals surface area (Å²) in [5.41, 5.74) is 0. The number of aromatic nitrogens is 1. The van der Waals surface area contributed by atoms with E-state index in [0.29, 0.717) is 36.8 Å². The molecule has 2 atom stereocenters. The van der Waals surface area contributed by atoms with E-state index in [0.717, 1.165) is 13.0 Å². The fourth-order valence-corrected chi connectivity index (χ4v) is 2.82. The Morgan fingerprint density at radius 3 is 2.95 bits per heavy atom. The highest BCUT2D eigenvalue weighted by atomic mass is 16.5. The van der Waals surface area contributed by atoms with Crippen LogP contribution in [0, 0.1) is 12.8 Å². The van der Waals surface area contributed by atoms with Gasteiger partial charge < -0.3 is 14.6 Å². The molecule has 6 nitrogen and oxygen atoms in total. The first-order chi connectivity index (χ1) is 10.5. The van der Waals surface area contributed by atoms with E-state index in [-0.39, 0.29) is 5.91 Å². The zero-order valence-electron chi connectivity index (χ0n) is 13.8. The summed E-state index contributed by atoms with van der Waals surface area (Å²) < 4.78 is 10.9. The lowest BCUT2D eigenvalue weighted by Gasteiger charge is -2.29. The molecule has 2 unspecified atom stereocenters. The highest BCUT2D eigenvalue weighted by Crippen LogP contribution is 2.26. The Bertz CT molecular complexity index is 475. The molecule has 1 N–H and O–H groups in total. The fourth-order valence-electron chi connectivity index (χ4n) is 2.82. The van der Waals surface area contributed by atoms with Gasteiger partial charge in [-0.3, -0.25) is 9.69 Å². The smallest absolute Gasteiger partial charge is 0.239 e. The molecular formula is C16H27N3O3. The van der Waals surface area contributed by atoms with Gasteiger partial charge in [-0.25, -0.2) is 0 Å². The number of carbonyl (C=O) groups is 1. The first kappa shape index (κ1) is 17.0. The summed E-state index contributed by atoms with van der Waals surface area (Å²) in [7, 11) is 1.92. The summed E-state index contributed by atoms with van der Waals surface area (Å²) in [5.74, 6) is 1.70. The fraction of sp³-hybridized carbons (Fsp3) is 0.750. The lowest BCUT2D eigenvalue weighted by atomic mass is 9.88. The summed E-state index contributed by atoms with van der Waals surface area (Å²) in [6.45, 7) is 5.78. The van der Waals surface area contributed by atoms with Crippen molar-refractivity contribution in [2.45, 2.75) is 45.6 Å². The van der Waals surface area contributed by atoms with E-state index in [1.165, 1.54) is 19.3 Å². The third-order valence-electron chi connectivity index (χ3n) is 4.15. The largest absolute Gasteiger partial charge is 0.377 e. The molecule has 0 spiro atoms. The maximum atomic E-state index is 11.9. The van der Waals surface area contributed by atoms with Gasteiger partial charge in [0.1, 0.15) is 5.76 Å². The molecule has 124 valence electrons. The van der Waals surface area contributed by atoms with Gasteiger partial charge in [-0.15, -0.1) is 0 Å². The molecule has 2 rings (SSSR count). The summed E-state index contributed by atoms with van der Waals surface area (Å²) in [5, 5.41) is 6.46. The van der Waals surface area contributed by atoms with Crippen molar-refractivity contribution in [3.05, 3.63) is 11.8 Å². The predicted molar refractivity (Wildman–Crippen MR) is 84.7 cm³/mol. The highest BCUT2D eigenvalue weighted by Gasteiger charge is 2.21. The van der Waals surface area contributed by atoms with Crippen LogP contribution in [0.15, 0.2) is 10.6 Å². The molecule has 22 heavy (non-hydrogen) atoms. The van der Waals surface area contributed by atoms with Crippen molar-refractivity contribution in [3.8, 4) is 0 Å². The second kappa shape index (κ2) is 8.29. The van der Waals surface area contributed by atoms with Gasteiger partial charge in [-0.2, -0.15) is 0 Å². The van der Waals surface area contributed by atoms with Crippen molar-refractivity contribution in [3.63, 3.8) is 0 Å². The highest BCUT2D eigenvalue weighted by molar-refractivity contribution is 5.91. The Balaban J connectivity index is 1.62. The first-order valence-electron chi connectivity index (χ1n) is 8.08. The minimum absolute atomic E-state index is 0.0955. The van der Waals surface area contributed by atoms with Gasteiger partial charge in [-0.05, 0) is 32.7 Å². The monoisotopic (exact) mass is 309 g/mol. The summed E-state index contributed by atoms with van der Waals surface area (Å²) in [6.07, 6.45) is 5.40. The minimum Gasteiger partial charge on any atom is -0.377 e. The lowest BCUT2D eigenvalue weighted by Crippen LogP contribution is -2.34. The van der Waals surface area contributed by atoms with Crippen LogP contribution in [0.5, 0.6) is 0 Å². The van der Waals surface area contributed by atoms with E-state index >= 15 is 0 Å². The van der Waals surface area contributed by atoms with Crippen molar-refractivity contribution in [1.29, 1.82) is 0 Å². The molecule has 1 heterocycles. The Morgan fingerprint density at radius 2 is 2.27 bits per heavy atom. The van der Waals surface area contributed by atoms with Crippen molar-refractivity contribution < 1.29 is 14.1 Å². The van der Waals surface area contributed by atoms with Gasteiger partial charge in [0.15, 0.2) is 5.82 Å². The van der Waals surface area contributed by atoms with Crippen LogP contribution in [-0.2, 0) is 9.53 Å². The normalized spacial score (nSPS) is 22.0. The van der Waals surface area contributed by atoms with Crippen LogP contribution in [0.3, 0.4) is 0 Å². The Hall–Kier alpha value is -1.40. The molecule has 1 aromatic heterocycles. The third kappa shape index (κ3) is 5.42. The standard InChI is InChI=1S/C16H27N3O3/c1-12-6-4-5-7-14(12)21-9-8-19(3)11-16(20)17-15-10-13(2)22-18-15/h10,12,14H,4-9,11H2,1-3H3,(H,17,18,20). The molecule has 1 fully saturated rings. The number of likely N-dealkylation sites (N-methyl/N-ethyl adjacent to an activating group) is 1. The average molecular weight is 309 g/mol. The molecule has 0 saturated heterocycles. The predicted octanol–water partition coefficient (Wildman–Crippen LogP) is 2.45. The second-order valence-electron chi connectivity index (χ2n) is 6.28. The van der Waals surface area contributed by atoms with Crippen LogP contribution in [0.25, 0.3) is 0 Å². The van der Waals surface area contributed by atoms with Gasteiger partial charge in [0, 0.05) is 12.6 Å². The van der Waals surface area contributed by atoms with Gasteiger partial charge in [-0.1, -0.05) is 24.9 Å². The van der Waals surface area contributed by atoms with E-state index in [2.05, 4.69) is 17.4 Å². The number of carbonyl (C=O) groups excluding carboxylic acids is 1. The van der Waals surface area contributed by atoms with Gasteiger partial charge in [0.25, 0.3) is 0 Å². The molecule has 0 aliphatic heterocycles. The molecule has 0 bridgehead atoms. The van der Waals surface area contributed by atoms with E-state index in [1.54, 1.807) is 13.0 Å². The molecule has 0 radical (unpaired) electrons. The zero-order chi connectivity index (χ0) is 15.9. The number of hydrogen-bond donors (Lipinski definition) is 1. The van der Waals surface area contributed by atoms with Crippen molar-refractivity contribution in [1.82, 2.24) is 10.1 Å². The molecule has 6 heteroatoms. The topological polar surface area (TPSA) is 67.6 Å². The number of nitrogens with zero attached hydrogens (tertiary/aromatic N) is 2. The Labute approximate surface area is 132 Å². The number of ether oxygens (including phenoxy) is 1. The Kier molecular flexibility index (Phi) is 6.39. The van der Waals surface area contributed by atoms with Crippen LogP contribution in [0.4, 0.5) is 5.82 Å². The first-order valence-corrected chi connectivity index (χ1v) is 8.08. The SMILES string of the molecule is Cc1cc(NC(=O)CN(C)CCOC2CCCCC2C)no1. The molecular weight excluding hydrogens is 282 g/mol. The van der Waals surface area contributed by atoms with Crippen LogP contribution in [0.1, 0.15) is 38.4 Å². The van der Waals surface area contributed by atoms with Gasteiger partial charge >= 0.3 is 0 Å². The number of rotatable bonds is 7. The van der Waals surface area contributed by atoms with E-state index in [9.17, 15) is 4.79 Å². The minimum atomic E-state index is -0.0955. The molecule has 1 amide bonds. The molecule has 1 saturated carbocycles. The number of hydrogen-bond acceptors (Lipinski definition) is 5. The van der Waals surface area contributed by atoms with Crippen LogP contribution in [-0.4, -0.2) is 48.8 Å². The van der Waals surface area contributed by atoms with E-state index in [1.807, 2.05) is 11.9 Å². The maximum Gasteiger partial charge on any atom is 0.239 e.